The number of nitrogens with zero attached hydrogens (tertiary/aromatic N) is 5. The average Bonchev–Trinajstić information content (AvgIpc) is 3.22. The Morgan fingerprint density at radius 2 is 1.85 bits per heavy atom. The summed E-state index contributed by atoms with van der Waals surface area (Å²) < 4.78 is 3.07. The number of carbonyl (C=O) groups is 1. The van der Waals surface area contributed by atoms with Gasteiger partial charge in [-0.1, -0.05) is 36.0 Å². The Morgan fingerprint density at radius 1 is 1.11 bits per heavy atom. The maximum Gasteiger partial charge on any atom is 0.225 e. The molecule has 2 aliphatic rings. The highest BCUT2D eigenvalue weighted by atomic mass is 32.1. The van der Waals surface area contributed by atoms with E-state index >= 15 is 0 Å². The third-order valence-corrected chi connectivity index (χ3v) is 6.91. The van der Waals surface area contributed by atoms with Crippen molar-refractivity contribution in [2.75, 3.05) is 31.1 Å². The summed E-state index contributed by atoms with van der Waals surface area (Å²) in [4.78, 5) is 21.7. The zero-order chi connectivity index (χ0) is 18.4. The number of fused-ring (bicyclic) bond motifs is 1. The molecule has 0 unspecified atom stereocenters. The third-order valence-electron chi connectivity index (χ3n) is 5.69. The summed E-state index contributed by atoms with van der Waals surface area (Å²) in [7, 11) is 0. The largest absolute Gasteiger partial charge is 0.344 e. The molecule has 1 aliphatic carbocycles. The average molecular weight is 382 g/mol. The van der Waals surface area contributed by atoms with Crippen LogP contribution in [0.2, 0.25) is 0 Å². The molecule has 1 saturated heterocycles. The number of para-hydroxylation sites is 1. The van der Waals surface area contributed by atoms with E-state index in [1.165, 1.54) is 6.42 Å². The van der Waals surface area contributed by atoms with Gasteiger partial charge in [0.1, 0.15) is 0 Å². The first-order chi connectivity index (χ1) is 13.2. The molecule has 5 rings (SSSR count). The van der Waals surface area contributed by atoms with Crippen molar-refractivity contribution in [3.63, 3.8) is 0 Å². The molecule has 0 radical (unpaired) electrons. The van der Waals surface area contributed by atoms with Gasteiger partial charge in [-0.2, -0.15) is 10.1 Å². The highest BCUT2D eigenvalue weighted by Gasteiger charge is 2.31. The van der Waals surface area contributed by atoms with Gasteiger partial charge < -0.3 is 9.80 Å². The lowest BCUT2D eigenvalue weighted by Gasteiger charge is -2.38. The maximum atomic E-state index is 12.5. The van der Waals surface area contributed by atoms with Gasteiger partial charge in [-0.05, 0) is 31.9 Å². The van der Waals surface area contributed by atoms with E-state index in [2.05, 4.69) is 22.1 Å². The zero-order valence-electron chi connectivity index (χ0n) is 15.5. The van der Waals surface area contributed by atoms with Gasteiger partial charge in [0, 0.05) is 32.1 Å². The highest BCUT2D eigenvalue weighted by Crippen LogP contribution is 2.33. The summed E-state index contributed by atoms with van der Waals surface area (Å²) in [6.07, 6.45) is 3.36. The quantitative estimate of drug-likeness (QED) is 0.699. The van der Waals surface area contributed by atoms with Crippen LogP contribution >= 0.6 is 11.3 Å². The van der Waals surface area contributed by atoms with Crippen LogP contribution in [0.4, 0.5) is 5.13 Å². The SMILES string of the molecule is Cc1nn(-c2ccccc2)c2nc(N3CCN(C(=O)C4CCC4)CC3)sc12. The van der Waals surface area contributed by atoms with Crippen LogP contribution in [0.5, 0.6) is 0 Å². The highest BCUT2D eigenvalue weighted by molar-refractivity contribution is 7.22. The number of aromatic nitrogens is 3. The number of hydrogen-bond donors (Lipinski definition) is 0. The monoisotopic (exact) mass is 381 g/mol. The lowest BCUT2D eigenvalue weighted by atomic mass is 9.84. The van der Waals surface area contributed by atoms with Crippen molar-refractivity contribution in [2.45, 2.75) is 26.2 Å². The fraction of sp³-hybridized carbons (Fsp3) is 0.450. The molecule has 3 heterocycles. The number of aryl methyl sites for hydroxylation is 1. The number of thiazole rings is 1. The third kappa shape index (κ3) is 2.90. The van der Waals surface area contributed by atoms with Crippen LogP contribution in [-0.4, -0.2) is 51.8 Å². The molecular formula is C20H23N5OS. The van der Waals surface area contributed by atoms with Crippen LogP contribution in [0.25, 0.3) is 16.0 Å². The van der Waals surface area contributed by atoms with E-state index < -0.39 is 0 Å². The molecule has 1 saturated carbocycles. The zero-order valence-corrected chi connectivity index (χ0v) is 16.3. The molecule has 6 nitrogen and oxygen atoms in total. The standard InChI is InChI=1S/C20H23N5OS/c1-14-17-18(25(22-14)16-8-3-2-4-9-16)21-20(27-17)24-12-10-23(11-13-24)19(26)15-6-5-7-15/h2-4,8-9,15H,5-7,10-13H2,1H3. The van der Waals surface area contributed by atoms with Crippen LogP contribution in [0.15, 0.2) is 30.3 Å². The second-order valence-corrected chi connectivity index (χ2v) is 8.40. The predicted molar refractivity (Wildman–Crippen MR) is 108 cm³/mol. The van der Waals surface area contributed by atoms with E-state index in [4.69, 9.17) is 4.98 Å². The van der Waals surface area contributed by atoms with Crippen LogP contribution < -0.4 is 4.90 Å². The Morgan fingerprint density at radius 3 is 2.52 bits per heavy atom. The minimum atomic E-state index is 0.290. The maximum absolute atomic E-state index is 12.5. The summed E-state index contributed by atoms with van der Waals surface area (Å²) in [6, 6.07) is 10.1. The van der Waals surface area contributed by atoms with Crippen molar-refractivity contribution < 1.29 is 4.79 Å². The lowest BCUT2D eigenvalue weighted by molar-refractivity contribution is -0.138. The molecule has 140 valence electrons. The fourth-order valence-electron chi connectivity index (χ4n) is 3.84. The molecule has 7 heteroatoms. The molecule has 1 aromatic carbocycles. The van der Waals surface area contributed by atoms with E-state index in [-0.39, 0.29) is 0 Å². The molecular weight excluding hydrogens is 358 g/mol. The van der Waals surface area contributed by atoms with Crippen molar-refractivity contribution in [3.8, 4) is 5.69 Å². The summed E-state index contributed by atoms with van der Waals surface area (Å²) in [5, 5.41) is 5.70. The molecule has 0 bridgehead atoms. The Labute approximate surface area is 162 Å². The van der Waals surface area contributed by atoms with Crippen LogP contribution in [0.1, 0.15) is 25.0 Å². The predicted octanol–water partition coefficient (Wildman–Crippen LogP) is 3.24. The van der Waals surface area contributed by atoms with Crippen LogP contribution in [0.3, 0.4) is 0 Å². The topological polar surface area (TPSA) is 54.3 Å². The molecule has 2 fully saturated rings. The number of hydrogen-bond acceptors (Lipinski definition) is 5. The molecule has 0 spiro atoms. The first-order valence-electron chi connectivity index (χ1n) is 9.66. The first kappa shape index (κ1) is 16.7. The second-order valence-electron chi connectivity index (χ2n) is 7.42. The Bertz CT molecular complexity index is 967. The smallest absolute Gasteiger partial charge is 0.225 e. The van der Waals surface area contributed by atoms with Crippen molar-refractivity contribution in [3.05, 3.63) is 36.0 Å². The second kappa shape index (κ2) is 6.64. The van der Waals surface area contributed by atoms with Crippen LogP contribution in [0, 0.1) is 12.8 Å². The Kier molecular flexibility index (Phi) is 4.11. The van der Waals surface area contributed by atoms with Gasteiger partial charge in [0.05, 0.1) is 16.1 Å². The van der Waals surface area contributed by atoms with Gasteiger partial charge in [0.25, 0.3) is 0 Å². The first-order valence-corrected chi connectivity index (χ1v) is 10.5. The summed E-state index contributed by atoms with van der Waals surface area (Å²) >= 11 is 1.71. The normalized spacial score (nSPS) is 18.1. The van der Waals surface area contributed by atoms with E-state index in [9.17, 15) is 4.79 Å². The number of rotatable bonds is 3. The van der Waals surface area contributed by atoms with Gasteiger partial charge in [0.15, 0.2) is 10.8 Å². The number of amides is 1. The lowest BCUT2D eigenvalue weighted by Crippen LogP contribution is -2.51. The van der Waals surface area contributed by atoms with Crippen molar-refractivity contribution in [1.29, 1.82) is 0 Å². The molecule has 27 heavy (non-hydrogen) atoms. The molecule has 0 N–H and O–H groups in total. The van der Waals surface area contributed by atoms with Crippen molar-refractivity contribution >= 4 is 32.7 Å². The van der Waals surface area contributed by atoms with Gasteiger partial charge in [-0.25, -0.2) is 4.68 Å². The van der Waals surface area contributed by atoms with E-state index in [0.717, 1.165) is 65.9 Å². The molecule has 0 atom stereocenters. The minimum absolute atomic E-state index is 0.290. The molecule has 3 aromatic rings. The molecule has 1 amide bonds. The van der Waals surface area contributed by atoms with Crippen molar-refractivity contribution in [1.82, 2.24) is 19.7 Å². The number of anilines is 1. The molecule has 1 aliphatic heterocycles. The van der Waals surface area contributed by atoms with E-state index in [0.29, 0.717) is 11.8 Å². The fourth-order valence-corrected chi connectivity index (χ4v) is 4.88. The Balaban J connectivity index is 1.36. The summed E-state index contributed by atoms with van der Waals surface area (Å²) in [5.74, 6) is 0.652. The van der Waals surface area contributed by atoms with Gasteiger partial charge >= 0.3 is 0 Å². The Hall–Kier alpha value is -2.41. The van der Waals surface area contributed by atoms with E-state index in [1.54, 1.807) is 11.3 Å². The minimum Gasteiger partial charge on any atom is -0.344 e. The number of benzene rings is 1. The summed E-state index contributed by atoms with van der Waals surface area (Å²) in [6.45, 7) is 5.35. The van der Waals surface area contributed by atoms with Crippen molar-refractivity contribution in [2.24, 2.45) is 5.92 Å². The number of carbonyl (C=O) groups excluding carboxylic acids is 1. The van der Waals surface area contributed by atoms with Gasteiger partial charge in [0.2, 0.25) is 5.91 Å². The number of piperazine rings is 1. The molecule has 2 aromatic heterocycles. The van der Waals surface area contributed by atoms with Crippen LogP contribution in [-0.2, 0) is 4.79 Å². The van der Waals surface area contributed by atoms with E-state index in [1.807, 2.05) is 34.7 Å². The van der Waals surface area contributed by atoms with Gasteiger partial charge in [-0.3, -0.25) is 4.79 Å². The van der Waals surface area contributed by atoms with Gasteiger partial charge in [-0.15, -0.1) is 0 Å². The summed E-state index contributed by atoms with van der Waals surface area (Å²) in [5.41, 5.74) is 2.96.